The van der Waals surface area contributed by atoms with Crippen LogP contribution in [0.1, 0.15) is 51.0 Å². The Bertz CT molecular complexity index is 774. The molecule has 0 aromatic heterocycles. The zero-order chi connectivity index (χ0) is 18.9. The number of fused-ring (bicyclic) bond motifs is 1. The normalized spacial score (nSPS) is 22.6. The highest BCUT2D eigenvalue weighted by Crippen LogP contribution is 2.51. The van der Waals surface area contributed by atoms with Crippen LogP contribution in [0.3, 0.4) is 0 Å². The van der Waals surface area contributed by atoms with Gasteiger partial charge in [0.1, 0.15) is 0 Å². The number of halogens is 2. The number of carbonyl (C=O) groups is 2. The second kappa shape index (κ2) is 7.17. The average Bonchev–Trinajstić information content (AvgIpc) is 2.86. The fourth-order valence-electron chi connectivity index (χ4n) is 4.18. The summed E-state index contributed by atoms with van der Waals surface area (Å²) in [5.74, 6) is -2.10. The van der Waals surface area contributed by atoms with Crippen molar-refractivity contribution >= 4 is 11.9 Å². The summed E-state index contributed by atoms with van der Waals surface area (Å²) in [5, 5.41) is 0. The highest BCUT2D eigenvalue weighted by Gasteiger charge is 2.47. The van der Waals surface area contributed by atoms with Gasteiger partial charge in [0.2, 0.25) is 5.91 Å². The Balaban J connectivity index is 1.91. The lowest BCUT2D eigenvalue weighted by Crippen LogP contribution is -2.29. The van der Waals surface area contributed by atoms with Crippen molar-refractivity contribution in [3.8, 4) is 0 Å². The molecule has 2 aliphatic rings. The van der Waals surface area contributed by atoms with Gasteiger partial charge >= 0.3 is 5.97 Å². The van der Waals surface area contributed by atoms with Gasteiger partial charge in [-0.05, 0) is 49.0 Å². The number of nitrogens with zero attached hydrogens (tertiary/aromatic N) is 1. The monoisotopic (exact) mass is 363 g/mol. The molecule has 3 rings (SSSR count). The first-order chi connectivity index (χ1) is 12.3. The molecule has 0 saturated carbocycles. The maximum absolute atomic E-state index is 13.5. The first-order valence-electron chi connectivity index (χ1n) is 8.87. The van der Waals surface area contributed by atoms with E-state index in [0.717, 1.165) is 42.7 Å². The first kappa shape index (κ1) is 18.5. The Morgan fingerprint density at radius 3 is 2.77 bits per heavy atom. The molecule has 0 bridgehead atoms. The number of hydrogen-bond donors (Lipinski definition) is 0. The van der Waals surface area contributed by atoms with Crippen LogP contribution < -0.4 is 0 Å². The van der Waals surface area contributed by atoms with Crippen LogP contribution in [0.5, 0.6) is 0 Å². The van der Waals surface area contributed by atoms with Gasteiger partial charge in [-0.15, -0.1) is 0 Å². The van der Waals surface area contributed by atoms with Gasteiger partial charge in [-0.2, -0.15) is 0 Å². The van der Waals surface area contributed by atoms with E-state index in [-0.39, 0.29) is 30.3 Å². The molecule has 1 aromatic rings. The summed E-state index contributed by atoms with van der Waals surface area (Å²) in [6.07, 6.45) is 3.96. The van der Waals surface area contributed by atoms with Gasteiger partial charge < -0.3 is 9.64 Å². The van der Waals surface area contributed by atoms with Crippen molar-refractivity contribution in [1.82, 2.24) is 4.90 Å². The van der Waals surface area contributed by atoms with Gasteiger partial charge in [0, 0.05) is 24.0 Å². The number of likely N-dealkylation sites (tertiary alicyclic amines) is 1. The Kier molecular flexibility index (Phi) is 5.12. The minimum atomic E-state index is -0.916. The number of ether oxygens (including phenoxy) is 1. The number of esters is 1. The van der Waals surface area contributed by atoms with E-state index in [1.165, 1.54) is 13.2 Å². The third-order valence-electron chi connectivity index (χ3n) is 5.41. The summed E-state index contributed by atoms with van der Waals surface area (Å²) >= 11 is 0. The predicted octanol–water partition coefficient (Wildman–Crippen LogP) is 4.09. The second-order valence-corrected chi connectivity index (χ2v) is 7.35. The molecule has 1 aromatic carbocycles. The smallest absolute Gasteiger partial charge is 0.305 e. The maximum atomic E-state index is 13.5. The van der Waals surface area contributed by atoms with Crippen LogP contribution in [-0.4, -0.2) is 23.9 Å². The molecule has 1 fully saturated rings. The minimum absolute atomic E-state index is 0.00954. The standard InChI is InChI=1S/C20H23F2NO3/c1-20-9-3-4-14(6-8-18(25)26-2)19(20)23(17(24)11-20)12-13-5-7-15(21)16(22)10-13/h5,7,10H,3-4,6,8-9,11-12H2,1-2H3. The van der Waals surface area contributed by atoms with Gasteiger partial charge in [-0.25, -0.2) is 8.78 Å². The van der Waals surface area contributed by atoms with E-state index in [2.05, 4.69) is 6.92 Å². The van der Waals surface area contributed by atoms with Gasteiger partial charge in [-0.3, -0.25) is 9.59 Å². The SMILES string of the molecule is COC(=O)CCC1=C2N(Cc3ccc(F)c(F)c3)C(=O)CC2(C)CCC1. The van der Waals surface area contributed by atoms with E-state index in [1.54, 1.807) is 4.90 Å². The summed E-state index contributed by atoms with van der Waals surface area (Å²) in [5.41, 5.74) is 2.35. The number of carbonyl (C=O) groups excluding carboxylic acids is 2. The summed E-state index contributed by atoms with van der Waals surface area (Å²) < 4.78 is 31.5. The molecular formula is C20H23F2NO3. The highest BCUT2D eigenvalue weighted by molar-refractivity contribution is 5.83. The number of rotatable bonds is 5. The predicted molar refractivity (Wildman–Crippen MR) is 91.8 cm³/mol. The molecule has 1 amide bonds. The molecule has 140 valence electrons. The van der Waals surface area contributed by atoms with Crippen molar-refractivity contribution in [1.29, 1.82) is 0 Å². The fraction of sp³-hybridized carbons (Fsp3) is 0.500. The second-order valence-electron chi connectivity index (χ2n) is 7.35. The molecule has 26 heavy (non-hydrogen) atoms. The number of methoxy groups -OCH3 is 1. The van der Waals surface area contributed by atoms with Crippen LogP contribution in [-0.2, 0) is 20.9 Å². The zero-order valence-corrected chi connectivity index (χ0v) is 15.1. The molecule has 0 radical (unpaired) electrons. The minimum Gasteiger partial charge on any atom is -0.469 e. The van der Waals surface area contributed by atoms with Crippen LogP contribution in [0.4, 0.5) is 8.78 Å². The van der Waals surface area contributed by atoms with Crippen LogP contribution in [0.25, 0.3) is 0 Å². The molecule has 6 heteroatoms. The Labute approximate surface area is 151 Å². The zero-order valence-electron chi connectivity index (χ0n) is 15.1. The van der Waals surface area contributed by atoms with E-state index in [1.807, 2.05) is 0 Å². The summed E-state index contributed by atoms with van der Waals surface area (Å²) in [4.78, 5) is 25.9. The lowest BCUT2D eigenvalue weighted by atomic mass is 9.74. The Morgan fingerprint density at radius 2 is 2.08 bits per heavy atom. The molecule has 4 nitrogen and oxygen atoms in total. The molecule has 0 N–H and O–H groups in total. The summed E-state index contributed by atoms with van der Waals surface area (Å²) in [6.45, 7) is 2.28. The Hall–Kier alpha value is -2.24. The van der Waals surface area contributed by atoms with Crippen molar-refractivity contribution in [2.24, 2.45) is 5.41 Å². The van der Waals surface area contributed by atoms with Gasteiger partial charge in [0.25, 0.3) is 0 Å². The fourth-order valence-corrected chi connectivity index (χ4v) is 4.18. The third kappa shape index (κ3) is 3.50. The molecule has 1 unspecified atom stereocenters. The van der Waals surface area contributed by atoms with E-state index in [4.69, 9.17) is 4.74 Å². The Morgan fingerprint density at radius 1 is 1.31 bits per heavy atom. The van der Waals surface area contributed by atoms with Crippen LogP contribution in [0, 0.1) is 17.0 Å². The molecule has 1 aliphatic heterocycles. The maximum Gasteiger partial charge on any atom is 0.305 e. The lowest BCUT2D eigenvalue weighted by Gasteiger charge is -2.35. The third-order valence-corrected chi connectivity index (χ3v) is 5.41. The highest BCUT2D eigenvalue weighted by atomic mass is 19.2. The van der Waals surface area contributed by atoms with Crippen molar-refractivity contribution in [3.05, 3.63) is 46.7 Å². The van der Waals surface area contributed by atoms with Gasteiger partial charge in [-0.1, -0.05) is 13.0 Å². The molecule has 1 aliphatic carbocycles. The molecular weight excluding hydrogens is 340 g/mol. The van der Waals surface area contributed by atoms with Crippen molar-refractivity contribution in [2.45, 2.75) is 52.0 Å². The van der Waals surface area contributed by atoms with Crippen molar-refractivity contribution in [3.63, 3.8) is 0 Å². The number of allylic oxidation sites excluding steroid dienone is 2. The topological polar surface area (TPSA) is 46.6 Å². The number of amides is 1. The molecule has 1 saturated heterocycles. The molecule has 1 heterocycles. The van der Waals surface area contributed by atoms with Gasteiger partial charge in [0.15, 0.2) is 11.6 Å². The number of benzene rings is 1. The quantitative estimate of drug-likeness (QED) is 0.740. The van der Waals surface area contributed by atoms with Crippen molar-refractivity contribution in [2.75, 3.05) is 7.11 Å². The van der Waals surface area contributed by atoms with Crippen LogP contribution in [0.2, 0.25) is 0 Å². The molecule has 1 atom stereocenters. The van der Waals surface area contributed by atoms with Crippen molar-refractivity contribution < 1.29 is 23.1 Å². The first-order valence-corrected chi connectivity index (χ1v) is 8.87. The number of hydrogen-bond acceptors (Lipinski definition) is 3. The lowest BCUT2D eigenvalue weighted by molar-refractivity contribution is -0.140. The largest absolute Gasteiger partial charge is 0.469 e. The summed E-state index contributed by atoms with van der Waals surface area (Å²) in [7, 11) is 1.36. The molecule has 0 spiro atoms. The van der Waals surface area contributed by atoms with E-state index < -0.39 is 11.6 Å². The van der Waals surface area contributed by atoms with E-state index >= 15 is 0 Å². The van der Waals surface area contributed by atoms with Gasteiger partial charge in [0.05, 0.1) is 13.7 Å². The van der Waals surface area contributed by atoms with Crippen LogP contribution in [0.15, 0.2) is 29.5 Å². The van der Waals surface area contributed by atoms with Crippen LogP contribution >= 0.6 is 0 Å². The average molecular weight is 363 g/mol. The summed E-state index contributed by atoms with van der Waals surface area (Å²) in [6, 6.07) is 3.71. The van der Waals surface area contributed by atoms with E-state index in [9.17, 15) is 18.4 Å². The van der Waals surface area contributed by atoms with E-state index in [0.29, 0.717) is 18.4 Å².